The van der Waals surface area contributed by atoms with Crippen molar-refractivity contribution in [3.8, 4) is 11.1 Å². The number of hydrogen-bond donors (Lipinski definition) is 3. The van der Waals surface area contributed by atoms with Crippen LogP contribution in [0, 0.1) is 0 Å². The molecule has 2 atom stereocenters. The van der Waals surface area contributed by atoms with Crippen molar-refractivity contribution >= 4 is 18.0 Å². The number of carboxylic acid groups (broad SMARTS) is 1. The molecule has 188 valence electrons. The van der Waals surface area contributed by atoms with Gasteiger partial charge >= 0.3 is 12.1 Å². The van der Waals surface area contributed by atoms with E-state index in [1.807, 2.05) is 36.4 Å². The van der Waals surface area contributed by atoms with Gasteiger partial charge in [-0.25, -0.2) is 4.79 Å². The Morgan fingerprint density at radius 1 is 0.886 bits per heavy atom. The fourth-order valence-corrected chi connectivity index (χ4v) is 4.71. The van der Waals surface area contributed by atoms with Gasteiger partial charge in [0.05, 0.1) is 0 Å². The molecule has 35 heavy (non-hydrogen) atoms. The lowest BCUT2D eigenvalue weighted by Crippen LogP contribution is -2.50. The van der Waals surface area contributed by atoms with E-state index in [1.165, 1.54) is 0 Å². The van der Waals surface area contributed by atoms with Gasteiger partial charge < -0.3 is 20.5 Å². The molecule has 2 unspecified atom stereocenters. The van der Waals surface area contributed by atoms with Gasteiger partial charge in [-0.1, -0.05) is 81.6 Å². The predicted octanol–water partition coefficient (Wildman–Crippen LogP) is 5.23. The van der Waals surface area contributed by atoms with Crippen molar-refractivity contribution < 1.29 is 24.2 Å². The quantitative estimate of drug-likeness (QED) is 0.364. The van der Waals surface area contributed by atoms with Crippen molar-refractivity contribution in [1.82, 2.24) is 10.6 Å². The van der Waals surface area contributed by atoms with E-state index in [9.17, 15) is 14.4 Å². The Labute approximate surface area is 207 Å². The minimum Gasteiger partial charge on any atom is -0.481 e. The van der Waals surface area contributed by atoms with Crippen LogP contribution < -0.4 is 10.6 Å². The summed E-state index contributed by atoms with van der Waals surface area (Å²) in [7, 11) is 0. The van der Waals surface area contributed by atoms with E-state index in [0.29, 0.717) is 0 Å². The molecule has 0 saturated heterocycles. The highest BCUT2D eigenvalue weighted by Crippen LogP contribution is 2.44. The lowest BCUT2D eigenvalue weighted by Gasteiger charge is -2.23. The second-order valence-corrected chi connectivity index (χ2v) is 9.09. The summed E-state index contributed by atoms with van der Waals surface area (Å²) in [6, 6.07) is 15.1. The van der Waals surface area contributed by atoms with Crippen LogP contribution in [0.5, 0.6) is 0 Å². The highest BCUT2D eigenvalue weighted by atomic mass is 16.5. The maximum absolute atomic E-state index is 13.0. The molecule has 7 heteroatoms. The van der Waals surface area contributed by atoms with Crippen LogP contribution in [-0.4, -0.2) is 41.8 Å². The summed E-state index contributed by atoms with van der Waals surface area (Å²) in [4.78, 5) is 36.8. The first kappa shape index (κ1) is 26.3. The summed E-state index contributed by atoms with van der Waals surface area (Å²) < 4.78 is 5.57. The fourth-order valence-electron chi connectivity index (χ4n) is 4.71. The van der Waals surface area contributed by atoms with Crippen LogP contribution in [-0.2, 0) is 14.3 Å². The molecular formula is C28H36N2O5. The molecule has 0 saturated carbocycles. The summed E-state index contributed by atoms with van der Waals surface area (Å²) in [5, 5.41) is 14.7. The number of rotatable bonds is 13. The van der Waals surface area contributed by atoms with E-state index in [-0.39, 0.29) is 37.3 Å². The fraction of sp³-hybridized carbons (Fsp3) is 0.464. The minimum atomic E-state index is -1.02. The number of carbonyl (C=O) groups is 3. The number of carboxylic acids is 1. The van der Waals surface area contributed by atoms with Gasteiger partial charge in [-0.2, -0.15) is 0 Å². The average molecular weight is 481 g/mol. The van der Waals surface area contributed by atoms with Crippen molar-refractivity contribution in [1.29, 1.82) is 0 Å². The van der Waals surface area contributed by atoms with Crippen molar-refractivity contribution in [2.24, 2.45) is 0 Å². The Bertz CT molecular complexity index is 976. The molecular weight excluding hydrogens is 444 g/mol. The number of unbranched alkanes of at least 4 members (excludes halogenated alkanes) is 1. The zero-order valence-corrected chi connectivity index (χ0v) is 20.6. The first-order chi connectivity index (χ1) is 16.9. The number of nitrogens with one attached hydrogen (secondary N) is 2. The third-order valence-corrected chi connectivity index (χ3v) is 6.49. The Hall–Kier alpha value is -3.35. The SMILES string of the molecule is CCCCC(CCC)NC(=O)C(CCC(=O)O)NC(=O)OCC1c2ccccc2-c2ccccc21. The molecule has 0 radical (unpaired) electrons. The lowest BCUT2D eigenvalue weighted by atomic mass is 9.98. The van der Waals surface area contributed by atoms with E-state index < -0.39 is 18.1 Å². The molecule has 0 bridgehead atoms. The number of fused-ring (bicyclic) bond motifs is 3. The third kappa shape index (κ3) is 7.07. The van der Waals surface area contributed by atoms with Gasteiger partial charge in [0.2, 0.25) is 5.91 Å². The van der Waals surface area contributed by atoms with Gasteiger partial charge in [-0.3, -0.25) is 9.59 Å². The van der Waals surface area contributed by atoms with Crippen molar-refractivity contribution in [2.75, 3.05) is 6.61 Å². The normalized spacial score (nSPS) is 13.9. The molecule has 0 spiro atoms. The summed E-state index contributed by atoms with van der Waals surface area (Å²) in [6.07, 6.45) is 3.68. The van der Waals surface area contributed by atoms with Crippen LogP contribution >= 0.6 is 0 Å². The second-order valence-electron chi connectivity index (χ2n) is 9.09. The number of ether oxygens (including phenoxy) is 1. The zero-order chi connectivity index (χ0) is 25.2. The molecule has 3 N–H and O–H groups in total. The number of alkyl carbamates (subject to hydrolysis) is 1. The van der Waals surface area contributed by atoms with Crippen molar-refractivity contribution in [3.05, 3.63) is 59.7 Å². The van der Waals surface area contributed by atoms with E-state index >= 15 is 0 Å². The number of carbonyl (C=O) groups excluding carboxylic acids is 2. The molecule has 3 rings (SSSR count). The molecule has 7 nitrogen and oxygen atoms in total. The smallest absolute Gasteiger partial charge is 0.407 e. The molecule has 2 aromatic rings. The first-order valence-electron chi connectivity index (χ1n) is 12.6. The minimum absolute atomic E-state index is 0.00200. The van der Waals surface area contributed by atoms with Gasteiger partial charge in [0.25, 0.3) is 0 Å². The van der Waals surface area contributed by atoms with Gasteiger partial charge in [0.15, 0.2) is 0 Å². The summed E-state index contributed by atoms with van der Waals surface area (Å²) in [5.74, 6) is -1.48. The maximum Gasteiger partial charge on any atom is 0.407 e. The van der Waals surface area contributed by atoms with Gasteiger partial charge in [0, 0.05) is 18.4 Å². The average Bonchev–Trinajstić information content (AvgIpc) is 3.17. The number of aliphatic carboxylic acids is 1. The highest BCUT2D eigenvalue weighted by Gasteiger charge is 2.30. The lowest BCUT2D eigenvalue weighted by molar-refractivity contribution is -0.137. The van der Waals surface area contributed by atoms with E-state index in [2.05, 4.69) is 36.6 Å². The third-order valence-electron chi connectivity index (χ3n) is 6.49. The van der Waals surface area contributed by atoms with E-state index in [0.717, 1.165) is 54.4 Å². The van der Waals surface area contributed by atoms with Crippen molar-refractivity contribution in [2.45, 2.75) is 76.8 Å². The molecule has 0 aliphatic heterocycles. The molecule has 2 amide bonds. The molecule has 0 heterocycles. The monoisotopic (exact) mass is 480 g/mol. The highest BCUT2D eigenvalue weighted by molar-refractivity contribution is 5.86. The van der Waals surface area contributed by atoms with Gasteiger partial charge in [0.1, 0.15) is 12.6 Å². The molecule has 0 fully saturated rings. The largest absolute Gasteiger partial charge is 0.481 e. The zero-order valence-electron chi connectivity index (χ0n) is 20.6. The van der Waals surface area contributed by atoms with Gasteiger partial charge in [-0.15, -0.1) is 0 Å². The predicted molar refractivity (Wildman–Crippen MR) is 135 cm³/mol. The maximum atomic E-state index is 13.0. The van der Waals surface area contributed by atoms with E-state index in [1.54, 1.807) is 0 Å². The molecule has 1 aliphatic rings. The van der Waals surface area contributed by atoms with Crippen LogP contribution in [0.1, 0.15) is 75.8 Å². The van der Waals surface area contributed by atoms with Crippen LogP contribution in [0.25, 0.3) is 11.1 Å². The first-order valence-corrected chi connectivity index (χ1v) is 12.6. The number of benzene rings is 2. The number of hydrogen-bond acceptors (Lipinski definition) is 4. The van der Waals surface area contributed by atoms with Crippen molar-refractivity contribution in [3.63, 3.8) is 0 Å². The number of amides is 2. The topological polar surface area (TPSA) is 105 Å². The van der Waals surface area contributed by atoms with Crippen LogP contribution in [0.3, 0.4) is 0 Å². The van der Waals surface area contributed by atoms with E-state index in [4.69, 9.17) is 9.84 Å². The Balaban J connectivity index is 1.64. The second kappa shape index (κ2) is 12.9. The summed E-state index contributed by atoms with van der Waals surface area (Å²) >= 11 is 0. The van der Waals surface area contributed by atoms with Crippen LogP contribution in [0.2, 0.25) is 0 Å². The Kier molecular flexibility index (Phi) is 9.70. The Morgan fingerprint density at radius 2 is 1.51 bits per heavy atom. The summed E-state index contributed by atoms with van der Waals surface area (Å²) in [6.45, 7) is 4.28. The Morgan fingerprint density at radius 3 is 2.09 bits per heavy atom. The molecule has 2 aromatic carbocycles. The standard InChI is InChI=1S/C28H36N2O5/c1-3-5-11-19(10-4-2)29-27(33)25(16-17-26(31)32)30-28(34)35-18-24-22-14-8-6-12-20(22)21-13-7-9-15-23(21)24/h6-9,12-15,19,24-25H,3-5,10-11,16-18H2,1-2H3,(H,29,33)(H,30,34)(H,31,32). The molecule has 1 aliphatic carbocycles. The molecule has 0 aromatic heterocycles. The van der Waals surface area contributed by atoms with Crippen LogP contribution in [0.4, 0.5) is 4.79 Å². The van der Waals surface area contributed by atoms with Gasteiger partial charge in [-0.05, 0) is 41.5 Å². The van der Waals surface area contributed by atoms with Crippen LogP contribution in [0.15, 0.2) is 48.5 Å². The summed E-state index contributed by atoms with van der Waals surface area (Å²) in [5.41, 5.74) is 4.45.